The van der Waals surface area contributed by atoms with E-state index in [4.69, 9.17) is 0 Å². The van der Waals surface area contributed by atoms with Crippen LogP contribution in [0, 0.1) is 0 Å². The molecule has 0 spiro atoms. The Morgan fingerprint density at radius 1 is 1.44 bits per heavy atom. The number of nitrogens with one attached hydrogen (secondary N) is 1. The van der Waals surface area contributed by atoms with Gasteiger partial charge in [-0.15, -0.1) is 6.58 Å². The van der Waals surface area contributed by atoms with E-state index < -0.39 is 0 Å². The molecule has 0 amide bonds. The smallest absolute Gasteiger partial charge is 0.122 e. The fourth-order valence-corrected chi connectivity index (χ4v) is 2.15. The Bertz CT molecular complexity index is 369. The molecule has 0 atom stereocenters. The van der Waals surface area contributed by atoms with E-state index >= 15 is 0 Å². The number of allylic oxidation sites excluding steroid dienone is 1. The van der Waals surface area contributed by atoms with Crippen LogP contribution in [0.2, 0.25) is 6.82 Å². The Morgan fingerprint density at radius 2 is 2.12 bits per heavy atom. The van der Waals surface area contributed by atoms with Gasteiger partial charge in [-0.25, -0.2) is 0 Å². The normalized spacial score (nSPS) is 11.0. The molecule has 1 rings (SSSR count). The summed E-state index contributed by atoms with van der Waals surface area (Å²) in [6, 6.07) is 6.49. The number of anilines is 1. The van der Waals surface area contributed by atoms with Crippen molar-refractivity contribution < 1.29 is 0 Å². The molecule has 1 aromatic carbocycles. The minimum Gasteiger partial charge on any atom is -0.388 e. The molecule has 86 valence electrons. The van der Waals surface area contributed by atoms with Crippen LogP contribution in [0.1, 0.15) is 25.0 Å². The van der Waals surface area contributed by atoms with E-state index in [1.807, 2.05) is 13.1 Å². The zero-order valence-corrected chi connectivity index (χ0v) is 10.9. The number of hydrogen-bond acceptors (Lipinski definition) is 1. The van der Waals surface area contributed by atoms with Crippen LogP contribution in [0.15, 0.2) is 30.9 Å². The van der Waals surface area contributed by atoms with E-state index in [0.29, 0.717) is 0 Å². The predicted octanol–water partition coefficient (Wildman–Crippen LogP) is 3.18. The zero-order chi connectivity index (χ0) is 12.2. The van der Waals surface area contributed by atoms with Gasteiger partial charge in [-0.05, 0) is 17.2 Å². The van der Waals surface area contributed by atoms with Crippen molar-refractivity contribution in [1.29, 1.82) is 0 Å². The Hall–Kier alpha value is -1.18. The first-order valence-electron chi connectivity index (χ1n) is 6.00. The van der Waals surface area contributed by atoms with Gasteiger partial charge in [-0.1, -0.05) is 45.2 Å². The van der Waals surface area contributed by atoms with Gasteiger partial charge in [-0.3, -0.25) is 0 Å². The van der Waals surface area contributed by atoms with Gasteiger partial charge in [0.05, 0.1) is 0 Å². The highest BCUT2D eigenvalue weighted by Crippen LogP contribution is 2.34. The Kier molecular flexibility index (Phi) is 4.22. The van der Waals surface area contributed by atoms with Crippen LogP contribution >= 0.6 is 0 Å². The molecule has 0 aliphatic rings. The first kappa shape index (κ1) is 12.9. The molecular weight excluding hydrogens is 193 g/mol. The molecule has 0 radical (unpaired) electrons. The van der Waals surface area contributed by atoms with Crippen LogP contribution in [0.25, 0.3) is 0 Å². The summed E-state index contributed by atoms with van der Waals surface area (Å²) in [7, 11) is 3.15. The van der Waals surface area contributed by atoms with Gasteiger partial charge in [0.2, 0.25) is 0 Å². The first-order valence-corrected chi connectivity index (χ1v) is 6.00. The molecule has 1 N–H and O–H groups in total. The monoisotopic (exact) mass is 215 g/mol. The van der Waals surface area contributed by atoms with E-state index in [9.17, 15) is 0 Å². The van der Waals surface area contributed by atoms with Crippen molar-refractivity contribution in [3.05, 3.63) is 42.0 Å². The average molecular weight is 215 g/mol. The zero-order valence-electron chi connectivity index (χ0n) is 10.9. The van der Waals surface area contributed by atoms with Crippen LogP contribution < -0.4 is 5.32 Å². The van der Waals surface area contributed by atoms with Crippen molar-refractivity contribution in [2.24, 2.45) is 0 Å². The van der Waals surface area contributed by atoms with Crippen molar-refractivity contribution in [3.8, 4) is 0 Å². The SMILES string of the molecule is C=CC(C)(C)c1c(CBC)cccc1NC. The Labute approximate surface area is 100 Å². The summed E-state index contributed by atoms with van der Waals surface area (Å²) < 4.78 is 0. The van der Waals surface area contributed by atoms with E-state index in [2.05, 4.69) is 50.8 Å². The average Bonchev–Trinajstić information content (AvgIpc) is 2.29. The molecular formula is C14H22BN. The second-order valence-electron chi connectivity index (χ2n) is 4.77. The molecule has 0 fully saturated rings. The lowest BCUT2D eigenvalue weighted by atomic mass is 9.70. The molecule has 0 aromatic heterocycles. The number of rotatable bonds is 5. The maximum Gasteiger partial charge on any atom is 0.122 e. The molecule has 1 nitrogen and oxygen atoms in total. The van der Waals surface area contributed by atoms with Gasteiger partial charge in [0, 0.05) is 18.2 Å². The van der Waals surface area contributed by atoms with Crippen LogP contribution in [0.3, 0.4) is 0 Å². The highest BCUT2D eigenvalue weighted by Gasteiger charge is 2.22. The largest absolute Gasteiger partial charge is 0.388 e. The van der Waals surface area contributed by atoms with E-state index in [1.54, 1.807) is 0 Å². The minimum atomic E-state index is 0.0180. The lowest BCUT2D eigenvalue weighted by Gasteiger charge is -2.27. The van der Waals surface area contributed by atoms with Crippen LogP contribution in [-0.2, 0) is 11.7 Å². The summed E-state index contributed by atoms with van der Waals surface area (Å²) in [5, 5.41) is 3.29. The Morgan fingerprint density at radius 3 is 2.62 bits per heavy atom. The van der Waals surface area contributed by atoms with Crippen LogP contribution in [-0.4, -0.2) is 14.3 Å². The molecule has 2 heteroatoms. The summed E-state index contributed by atoms with van der Waals surface area (Å²) in [4.78, 5) is 0. The van der Waals surface area contributed by atoms with Crippen molar-refractivity contribution in [2.75, 3.05) is 12.4 Å². The third kappa shape index (κ3) is 2.49. The van der Waals surface area contributed by atoms with Gasteiger partial charge in [0.25, 0.3) is 0 Å². The maximum absolute atomic E-state index is 3.96. The van der Waals surface area contributed by atoms with Crippen LogP contribution in [0.4, 0.5) is 5.69 Å². The van der Waals surface area contributed by atoms with Crippen molar-refractivity contribution >= 4 is 13.0 Å². The summed E-state index contributed by atoms with van der Waals surface area (Å²) in [6.07, 6.45) is 3.16. The fourth-order valence-electron chi connectivity index (χ4n) is 2.15. The number of benzene rings is 1. The molecule has 0 bridgehead atoms. The molecule has 1 aromatic rings. The van der Waals surface area contributed by atoms with Crippen molar-refractivity contribution in [3.63, 3.8) is 0 Å². The predicted molar refractivity (Wildman–Crippen MR) is 75.9 cm³/mol. The third-order valence-corrected chi connectivity index (χ3v) is 3.09. The standard InChI is InChI=1S/C14H22BN/c1-6-14(2,3)13-11(10-15-4)8-7-9-12(13)16-5/h6-9,15-16H,1,10H2,2-5H3. The van der Waals surface area contributed by atoms with E-state index in [-0.39, 0.29) is 5.41 Å². The summed E-state index contributed by atoms with van der Waals surface area (Å²) in [6.45, 7) is 10.6. The van der Waals surface area contributed by atoms with Gasteiger partial charge in [0.15, 0.2) is 0 Å². The van der Waals surface area contributed by atoms with E-state index in [1.165, 1.54) is 24.1 Å². The number of hydrogen-bond donors (Lipinski definition) is 1. The maximum atomic E-state index is 3.96. The first-order chi connectivity index (χ1) is 7.56. The summed E-state index contributed by atoms with van der Waals surface area (Å²) in [5.74, 6) is 0. The topological polar surface area (TPSA) is 12.0 Å². The van der Waals surface area contributed by atoms with E-state index in [0.717, 1.165) is 6.32 Å². The van der Waals surface area contributed by atoms with Crippen molar-refractivity contribution in [1.82, 2.24) is 0 Å². The summed E-state index contributed by atoms with van der Waals surface area (Å²) >= 11 is 0. The molecule has 0 unspecified atom stereocenters. The fraction of sp³-hybridized carbons (Fsp3) is 0.429. The molecule has 0 aliphatic carbocycles. The lowest BCUT2D eigenvalue weighted by Crippen LogP contribution is -2.18. The molecule has 16 heavy (non-hydrogen) atoms. The molecule has 0 aliphatic heterocycles. The lowest BCUT2D eigenvalue weighted by molar-refractivity contribution is 0.667. The van der Waals surface area contributed by atoms with Gasteiger partial charge in [-0.2, -0.15) is 0 Å². The highest BCUT2D eigenvalue weighted by atomic mass is 14.8. The second-order valence-corrected chi connectivity index (χ2v) is 4.77. The molecule has 0 saturated carbocycles. The quantitative estimate of drug-likeness (QED) is 0.587. The van der Waals surface area contributed by atoms with Gasteiger partial charge in [0.1, 0.15) is 7.28 Å². The van der Waals surface area contributed by atoms with Crippen molar-refractivity contribution in [2.45, 2.75) is 32.4 Å². The Balaban J connectivity index is 3.35. The molecule has 0 saturated heterocycles. The van der Waals surface area contributed by atoms with Gasteiger partial charge < -0.3 is 5.32 Å². The highest BCUT2D eigenvalue weighted by molar-refractivity contribution is 6.33. The van der Waals surface area contributed by atoms with Crippen LogP contribution in [0.5, 0.6) is 0 Å². The van der Waals surface area contributed by atoms with Gasteiger partial charge >= 0.3 is 0 Å². The minimum absolute atomic E-state index is 0.0180. The molecule has 0 heterocycles. The third-order valence-electron chi connectivity index (χ3n) is 3.09. The summed E-state index contributed by atoms with van der Waals surface area (Å²) in [5.41, 5.74) is 4.05. The second kappa shape index (κ2) is 5.24.